The molecule has 0 spiro atoms. The molecule has 1 aromatic heterocycles. The Balaban J connectivity index is 2.48. The van der Waals surface area contributed by atoms with Crippen molar-refractivity contribution in [2.45, 2.75) is 26.7 Å². The van der Waals surface area contributed by atoms with Crippen LogP contribution in [0.2, 0.25) is 0 Å². The van der Waals surface area contributed by atoms with Crippen molar-refractivity contribution in [1.29, 1.82) is 0 Å². The highest BCUT2D eigenvalue weighted by Gasteiger charge is 2.10. The van der Waals surface area contributed by atoms with Gasteiger partial charge in [-0.1, -0.05) is 13.3 Å². The molecule has 2 rings (SSSR count). The van der Waals surface area contributed by atoms with Gasteiger partial charge in [0.05, 0.1) is 19.2 Å². The third-order valence-electron chi connectivity index (χ3n) is 2.96. The fraction of sp³-hybridized carbons (Fsp3) is 0.429. The number of aromatic nitrogens is 2. The zero-order chi connectivity index (χ0) is 13.8. The minimum Gasteiger partial charge on any atom is -0.493 e. The smallest absolute Gasteiger partial charge is 0.345 e. The number of hydrogen-bond donors (Lipinski definition) is 1. The maximum absolute atomic E-state index is 11.4. The number of methoxy groups -OCH3 is 1. The normalized spacial score (nSPS) is 10.7. The van der Waals surface area contributed by atoms with E-state index in [-0.39, 0.29) is 5.69 Å². The first-order valence-electron chi connectivity index (χ1n) is 6.37. The second-order valence-corrected chi connectivity index (χ2v) is 4.39. The van der Waals surface area contributed by atoms with Crippen LogP contribution in [0.15, 0.2) is 16.9 Å². The standard InChI is InChI=1S/C14H18N2O3/c1-4-5-6-19-13-8-11-10(7-12(13)18-3)9(2)15-14(17)16-11/h7-8H,4-6H2,1-3H3,(H,15,16,17). The Morgan fingerprint density at radius 1 is 1.32 bits per heavy atom. The first-order chi connectivity index (χ1) is 9.15. The lowest BCUT2D eigenvalue weighted by molar-refractivity contribution is 0.289. The van der Waals surface area contributed by atoms with Crippen LogP contribution in [0.4, 0.5) is 0 Å². The number of aromatic amines is 1. The number of ether oxygens (including phenoxy) is 2. The van der Waals surface area contributed by atoms with Gasteiger partial charge in [0.15, 0.2) is 11.5 Å². The summed E-state index contributed by atoms with van der Waals surface area (Å²) in [7, 11) is 1.60. The highest BCUT2D eigenvalue weighted by Crippen LogP contribution is 2.32. The summed E-state index contributed by atoms with van der Waals surface area (Å²) in [5, 5.41) is 0.860. The molecule has 1 N–H and O–H groups in total. The van der Waals surface area contributed by atoms with E-state index in [1.807, 2.05) is 13.0 Å². The third-order valence-corrected chi connectivity index (χ3v) is 2.96. The molecular formula is C14H18N2O3. The Hall–Kier alpha value is -2.04. The lowest BCUT2D eigenvalue weighted by Gasteiger charge is -2.12. The average molecular weight is 262 g/mol. The Labute approximate surface area is 111 Å². The van der Waals surface area contributed by atoms with E-state index in [2.05, 4.69) is 16.9 Å². The summed E-state index contributed by atoms with van der Waals surface area (Å²) in [6.07, 6.45) is 2.04. The number of aryl methyl sites for hydroxylation is 1. The van der Waals surface area contributed by atoms with Crippen LogP contribution < -0.4 is 15.2 Å². The summed E-state index contributed by atoms with van der Waals surface area (Å²) in [5.41, 5.74) is 1.04. The first-order valence-corrected chi connectivity index (χ1v) is 6.37. The van der Waals surface area contributed by atoms with Crippen molar-refractivity contribution in [3.63, 3.8) is 0 Å². The number of hydrogen-bond acceptors (Lipinski definition) is 4. The molecule has 0 fully saturated rings. The molecule has 19 heavy (non-hydrogen) atoms. The summed E-state index contributed by atoms with van der Waals surface area (Å²) in [6, 6.07) is 3.60. The molecule has 0 radical (unpaired) electrons. The summed E-state index contributed by atoms with van der Waals surface area (Å²) in [6.45, 7) is 4.56. The fourth-order valence-electron chi connectivity index (χ4n) is 1.91. The van der Waals surface area contributed by atoms with E-state index in [0.717, 1.165) is 23.9 Å². The maximum Gasteiger partial charge on any atom is 0.345 e. The monoisotopic (exact) mass is 262 g/mol. The summed E-state index contributed by atoms with van der Waals surface area (Å²) < 4.78 is 11.0. The van der Waals surface area contributed by atoms with Crippen LogP contribution in [0.5, 0.6) is 11.5 Å². The molecule has 0 atom stereocenters. The molecule has 1 heterocycles. The van der Waals surface area contributed by atoms with Crippen LogP contribution in [0.25, 0.3) is 10.9 Å². The van der Waals surface area contributed by atoms with E-state index in [4.69, 9.17) is 9.47 Å². The van der Waals surface area contributed by atoms with Crippen molar-refractivity contribution in [3.05, 3.63) is 28.3 Å². The molecule has 0 aliphatic rings. The van der Waals surface area contributed by atoms with Crippen molar-refractivity contribution in [2.24, 2.45) is 0 Å². The van der Waals surface area contributed by atoms with Gasteiger partial charge >= 0.3 is 5.69 Å². The lowest BCUT2D eigenvalue weighted by atomic mass is 10.1. The number of H-pyrrole nitrogens is 1. The molecule has 2 aromatic rings. The first kappa shape index (κ1) is 13.4. The van der Waals surface area contributed by atoms with Crippen LogP contribution in [0.3, 0.4) is 0 Å². The van der Waals surface area contributed by atoms with Gasteiger partial charge in [0, 0.05) is 17.1 Å². The van der Waals surface area contributed by atoms with Gasteiger partial charge in [0.25, 0.3) is 0 Å². The second kappa shape index (κ2) is 5.73. The van der Waals surface area contributed by atoms with Crippen molar-refractivity contribution < 1.29 is 9.47 Å². The van der Waals surface area contributed by atoms with Crippen molar-refractivity contribution in [1.82, 2.24) is 9.97 Å². The van der Waals surface area contributed by atoms with Crippen molar-refractivity contribution in [2.75, 3.05) is 13.7 Å². The molecule has 102 valence electrons. The Morgan fingerprint density at radius 2 is 2.11 bits per heavy atom. The van der Waals surface area contributed by atoms with E-state index < -0.39 is 0 Å². The number of nitrogens with one attached hydrogen (secondary N) is 1. The molecule has 1 aromatic carbocycles. The summed E-state index contributed by atoms with van der Waals surface area (Å²) in [5.74, 6) is 1.28. The quantitative estimate of drug-likeness (QED) is 0.840. The van der Waals surface area contributed by atoms with E-state index in [1.54, 1.807) is 13.2 Å². The highest BCUT2D eigenvalue weighted by atomic mass is 16.5. The van der Waals surface area contributed by atoms with Crippen molar-refractivity contribution in [3.8, 4) is 11.5 Å². The van der Waals surface area contributed by atoms with Crippen molar-refractivity contribution >= 4 is 10.9 Å². The van der Waals surface area contributed by atoms with E-state index >= 15 is 0 Å². The molecule has 0 unspecified atom stereocenters. The second-order valence-electron chi connectivity index (χ2n) is 4.39. The largest absolute Gasteiger partial charge is 0.493 e. The predicted molar refractivity (Wildman–Crippen MR) is 74.1 cm³/mol. The Bertz CT molecular complexity index is 634. The number of benzene rings is 1. The zero-order valence-electron chi connectivity index (χ0n) is 11.4. The summed E-state index contributed by atoms with van der Waals surface area (Å²) >= 11 is 0. The Morgan fingerprint density at radius 3 is 2.79 bits per heavy atom. The van der Waals surface area contributed by atoms with Gasteiger partial charge in [0.1, 0.15) is 0 Å². The average Bonchev–Trinajstić information content (AvgIpc) is 2.38. The topological polar surface area (TPSA) is 64.2 Å². The van der Waals surface area contributed by atoms with Gasteiger partial charge in [-0.2, -0.15) is 4.98 Å². The molecule has 0 saturated heterocycles. The van der Waals surface area contributed by atoms with Crippen LogP contribution in [0.1, 0.15) is 25.5 Å². The van der Waals surface area contributed by atoms with E-state index in [1.165, 1.54) is 0 Å². The molecule has 0 aliphatic carbocycles. The van der Waals surface area contributed by atoms with Gasteiger partial charge in [-0.25, -0.2) is 4.79 Å². The third kappa shape index (κ3) is 2.86. The van der Waals surface area contributed by atoms with Crippen LogP contribution >= 0.6 is 0 Å². The molecule has 0 aliphatic heterocycles. The minimum atomic E-state index is -0.352. The maximum atomic E-state index is 11.4. The molecule has 0 saturated carbocycles. The SMILES string of the molecule is CCCCOc1cc2nc(=O)[nH]c(C)c2cc1OC. The predicted octanol–water partition coefficient (Wildman–Crippen LogP) is 2.42. The van der Waals surface area contributed by atoms with Gasteiger partial charge in [0.2, 0.25) is 0 Å². The highest BCUT2D eigenvalue weighted by molar-refractivity contribution is 5.84. The minimum absolute atomic E-state index is 0.352. The van der Waals surface area contributed by atoms with E-state index in [0.29, 0.717) is 23.6 Å². The van der Waals surface area contributed by atoms with Crippen LogP contribution in [-0.4, -0.2) is 23.7 Å². The lowest BCUT2D eigenvalue weighted by Crippen LogP contribution is -2.11. The molecular weight excluding hydrogens is 244 g/mol. The van der Waals surface area contributed by atoms with Gasteiger partial charge in [-0.15, -0.1) is 0 Å². The molecule has 0 bridgehead atoms. The summed E-state index contributed by atoms with van der Waals surface area (Å²) in [4.78, 5) is 18.0. The van der Waals surface area contributed by atoms with Crippen LogP contribution in [0, 0.1) is 6.92 Å². The number of rotatable bonds is 5. The number of unbranched alkanes of at least 4 members (excludes halogenated alkanes) is 1. The fourth-order valence-corrected chi connectivity index (χ4v) is 1.91. The van der Waals surface area contributed by atoms with Crippen LogP contribution in [-0.2, 0) is 0 Å². The van der Waals surface area contributed by atoms with Gasteiger partial charge < -0.3 is 14.5 Å². The van der Waals surface area contributed by atoms with E-state index in [9.17, 15) is 4.79 Å². The number of fused-ring (bicyclic) bond motifs is 1. The molecule has 5 heteroatoms. The zero-order valence-corrected chi connectivity index (χ0v) is 11.4. The number of nitrogens with zero attached hydrogens (tertiary/aromatic N) is 1. The molecule has 5 nitrogen and oxygen atoms in total. The van der Waals surface area contributed by atoms with Gasteiger partial charge in [-0.3, -0.25) is 0 Å². The Kier molecular flexibility index (Phi) is 4.04. The van der Waals surface area contributed by atoms with Gasteiger partial charge in [-0.05, 0) is 19.4 Å². The molecule has 0 amide bonds.